The zero-order chi connectivity index (χ0) is 21.0. The number of benzene rings is 1. The highest BCUT2D eigenvalue weighted by Gasteiger charge is 2.39. The Hall–Kier alpha value is -1.82. The number of hydrogen-bond donors (Lipinski definition) is 2. The molecule has 30 heavy (non-hydrogen) atoms. The Kier molecular flexibility index (Phi) is 6.81. The number of sulfonamides is 1. The predicted molar refractivity (Wildman–Crippen MR) is 113 cm³/mol. The van der Waals surface area contributed by atoms with Crippen LogP contribution < -0.4 is 10.8 Å². The Labute approximate surface area is 180 Å². The van der Waals surface area contributed by atoms with Gasteiger partial charge in [-0.1, -0.05) is 30.3 Å². The highest BCUT2D eigenvalue weighted by molar-refractivity contribution is 7.91. The molecule has 2 saturated heterocycles. The number of ether oxygens (including phenoxy) is 1. The lowest BCUT2D eigenvalue weighted by molar-refractivity contribution is -0.202. The summed E-state index contributed by atoms with van der Waals surface area (Å²) in [7, 11) is -3.82. The van der Waals surface area contributed by atoms with E-state index in [1.54, 1.807) is 12.1 Å². The van der Waals surface area contributed by atoms with Crippen LogP contribution in [0.25, 0.3) is 10.4 Å². The lowest BCUT2D eigenvalue weighted by atomic mass is 10.2. The average molecular weight is 452 g/mol. The van der Waals surface area contributed by atoms with Crippen molar-refractivity contribution in [3.63, 3.8) is 0 Å². The van der Waals surface area contributed by atoms with E-state index in [9.17, 15) is 13.2 Å². The third-order valence-corrected chi connectivity index (χ3v) is 8.64. The zero-order valence-electron chi connectivity index (χ0n) is 16.5. The van der Waals surface area contributed by atoms with Crippen LogP contribution in [0.1, 0.15) is 19.3 Å². The summed E-state index contributed by atoms with van der Waals surface area (Å²) in [5, 5.41) is 3.09. The van der Waals surface area contributed by atoms with Crippen LogP contribution in [0.5, 0.6) is 0 Å². The van der Waals surface area contributed by atoms with Gasteiger partial charge < -0.3 is 10.1 Å². The second-order valence-electron chi connectivity index (χ2n) is 7.20. The fourth-order valence-electron chi connectivity index (χ4n) is 3.52. The summed E-state index contributed by atoms with van der Waals surface area (Å²) in [6.45, 7) is 1.50. The number of carbonyl (C=O) groups is 1. The van der Waals surface area contributed by atoms with Gasteiger partial charge in [-0.25, -0.2) is 18.7 Å². The second kappa shape index (κ2) is 9.54. The minimum atomic E-state index is -3.82. The van der Waals surface area contributed by atoms with E-state index in [-0.39, 0.29) is 17.3 Å². The van der Waals surface area contributed by atoms with Crippen LogP contribution in [0, 0.1) is 0 Å². The fourth-order valence-corrected chi connectivity index (χ4v) is 6.55. The van der Waals surface area contributed by atoms with E-state index in [4.69, 9.17) is 9.57 Å². The lowest BCUT2D eigenvalue weighted by Crippen LogP contribution is -2.59. The molecule has 8 nitrogen and oxygen atoms in total. The maximum atomic E-state index is 13.3. The Morgan fingerprint density at radius 3 is 2.80 bits per heavy atom. The number of thiophene rings is 1. The molecule has 2 aromatic rings. The summed E-state index contributed by atoms with van der Waals surface area (Å²) in [5.74, 6) is -0.500. The Bertz CT molecular complexity index is 958. The quantitative estimate of drug-likeness (QED) is 0.652. The topological polar surface area (TPSA) is 97.0 Å². The molecule has 162 valence electrons. The Balaban J connectivity index is 1.48. The lowest BCUT2D eigenvalue weighted by Gasteiger charge is -2.34. The van der Waals surface area contributed by atoms with Crippen LogP contribution in [0.3, 0.4) is 0 Å². The van der Waals surface area contributed by atoms with E-state index in [1.807, 2.05) is 30.3 Å². The summed E-state index contributed by atoms with van der Waals surface area (Å²) in [4.78, 5) is 18.9. The van der Waals surface area contributed by atoms with Crippen molar-refractivity contribution >= 4 is 27.3 Å². The monoisotopic (exact) mass is 451 g/mol. The zero-order valence-corrected chi connectivity index (χ0v) is 18.1. The standard InChI is InChI=1S/C20H25N3O5S2/c24-20(22-28-18-8-4-5-13-27-18)16-14-21-11-12-23(16)30(25,26)19-10-9-17(29-19)15-6-2-1-3-7-15/h1-3,6-7,9-10,16,18,21H,4-5,8,11-14H2,(H,22,24)/t16-,18?/m1/s1. The van der Waals surface area contributed by atoms with Crippen molar-refractivity contribution < 1.29 is 22.8 Å². The van der Waals surface area contributed by atoms with E-state index in [2.05, 4.69) is 10.8 Å². The molecule has 4 rings (SSSR count). The molecule has 0 aliphatic carbocycles. The van der Waals surface area contributed by atoms with Gasteiger partial charge in [-0.2, -0.15) is 4.31 Å². The van der Waals surface area contributed by atoms with Crippen LogP contribution in [-0.4, -0.2) is 57.2 Å². The number of rotatable bonds is 6. The molecule has 1 unspecified atom stereocenters. The number of carbonyl (C=O) groups excluding carboxylic acids is 1. The number of nitrogens with zero attached hydrogens (tertiary/aromatic N) is 1. The van der Waals surface area contributed by atoms with E-state index in [0.717, 1.165) is 23.3 Å². The van der Waals surface area contributed by atoms with Crippen LogP contribution in [-0.2, 0) is 24.4 Å². The van der Waals surface area contributed by atoms with Gasteiger partial charge in [0.2, 0.25) is 0 Å². The van der Waals surface area contributed by atoms with Gasteiger partial charge >= 0.3 is 0 Å². The molecule has 2 aliphatic heterocycles. The van der Waals surface area contributed by atoms with Crippen LogP contribution in [0.2, 0.25) is 0 Å². The molecule has 0 spiro atoms. The number of hydroxylamine groups is 1. The average Bonchev–Trinajstić information content (AvgIpc) is 3.30. The van der Waals surface area contributed by atoms with Gasteiger partial charge in [0, 0.05) is 37.5 Å². The summed E-state index contributed by atoms with van der Waals surface area (Å²) >= 11 is 1.20. The second-order valence-corrected chi connectivity index (χ2v) is 10.4. The van der Waals surface area contributed by atoms with Gasteiger partial charge in [-0.15, -0.1) is 11.3 Å². The molecule has 2 aliphatic rings. The van der Waals surface area contributed by atoms with Gasteiger partial charge in [0.05, 0.1) is 0 Å². The number of amides is 1. The SMILES string of the molecule is O=C(NOC1CCCCO1)[C@H]1CNCCN1S(=O)(=O)c1ccc(-c2ccccc2)s1. The third-order valence-electron chi connectivity index (χ3n) is 5.13. The molecule has 10 heteroatoms. The highest BCUT2D eigenvalue weighted by atomic mass is 32.2. The summed E-state index contributed by atoms with van der Waals surface area (Å²) < 4.78 is 33.5. The maximum absolute atomic E-state index is 13.3. The highest BCUT2D eigenvalue weighted by Crippen LogP contribution is 2.33. The Morgan fingerprint density at radius 1 is 1.20 bits per heavy atom. The van der Waals surface area contributed by atoms with Crippen molar-refractivity contribution in [3.8, 4) is 10.4 Å². The first-order valence-corrected chi connectivity index (χ1v) is 12.3. The summed E-state index contributed by atoms with van der Waals surface area (Å²) in [6.07, 6.45) is 2.14. The maximum Gasteiger partial charge on any atom is 0.263 e. The van der Waals surface area contributed by atoms with Crippen molar-refractivity contribution in [2.45, 2.75) is 35.8 Å². The van der Waals surface area contributed by atoms with Crippen LogP contribution >= 0.6 is 11.3 Å². The summed E-state index contributed by atoms with van der Waals surface area (Å²) in [5.41, 5.74) is 3.36. The molecule has 2 fully saturated rings. The molecule has 0 saturated carbocycles. The molecule has 0 bridgehead atoms. The van der Waals surface area contributed by atoms with Crippen molar-refractivity contribution in [1.29, 1.82) is 0 Å². The van der Waals surface area contributed by atoms with Gasteiger partial charge in [0.15, 0.2) is 6.29 Å². The van der Waals surface area contributed by atoms with Gasteiger partial charge in [-0.05, 0) is 30.5 Å². The first-order valence-electron chi connectivity index (χ1n) is 10.0. The largest absolute Gasteiger partial charge is 0.350 e. The van der Waals surface area contributed by atoms with E-state index < -0.39 is 28.3 Å². The molecule has 1 aromatic heterocycles. The van der Waals surface area contributed by atoms with E-state index in [1.165, 1.54) is 15.6 Å². The molecule has 2 atom stereocenters. The molecular formula is C20H25N3O5S2. The number of nitrogens with one attached hydrogen (secondary N) is 2. The predicted octanol–water partition coefficient (Wildman–Crippen LogP) is 1.95. The smallest absolute Gasteiger partial charge is 0.263 e. The molecule has 2 N–H and O–H groups in total. The Morgan fingerprint density at radius 2 is 2.03 bits per heavy atom. The molecular weight excluding hydrogens is 426 g/mol. The molecule has 0 radical (unpaired) electrons. The number of piperazine rings is 1. The molecule has 1 aromatic carbocycles. The van der Waals surface area contributed by atoms with Gasteiger partial charge in [0.25, 0.3) is 15.9 Å². The van der Waals surface area contributed by atoms with Crippen molar-refractivity contribution in [2.75, 3.05) is 26.2 Å². The summed E-state index contributed by atoms with van der Waals surface area (Å²) in [6, 6.07) is 12.1. The molecule has 1 amide bonds. The van der Waals surface area contributed by atoms with Crippen molar-refractivity contribution in [3.05, 3.63) is 42.5 Å². The molecule has 3 heterocycles. The normalized spacial score (nSPS) is 23.2. The minimum absolute atomic E-state index is 0.207. The van der Waals surface area contributed by atoms with E-state index >= 15 is 0 Å². The fraction of sp³-hybridized carbons (Fsp3) is 0.450. The van der Waals surface area contributed by atoms with Gasteiger partial charge in [0.1, 0.15) is 10.3 Å². The van der Waals surface area contributed by atoms with E-state index in [0.29, 0.717) is 19.6 Å². The number of hydrogen-bond acceptors (Lipinski definition) is 7. The minimum Gasteiger partial charge on any atom is -0.350 e. The van der Waals surface area contributed by atoms with Crippen LogP contribution in [0.4, 0.5) is 0 Å². The van der Waals surface area contributed by atoms with Crippen LogP contribution in [0.15, 0.2) is 46.7 Å². The first kappa shape index (κ1) is 21.4. The van der Waals surface area contributed by atoms with Crippen molar-refractivity contribution in [2.24, 2.45) is 0 Å². The van der Waals surface area contributed by atoms with Crippen molar-refractivity contribution in [1.82, 2.24) is 15.1 Å². The van der Waals surface area contributed by atoms with Gasteiger partial charge in [-0.3, -0.25) is 4.79 Å². The first-order chi connectivity index (χ1) is 14.6. The third kappa shape index (κ3) is 4.74.